The second kappa shape index (κ2) is 25.3. The number of benzene rings is 2. The van der Waals surface area contributed by atoms with Crippen LogP contribution in [0.3, 0.4) is 0 Å². The molecular formula is C62H74N6O14S2. The van der Waals surface area contributed by atoms with E-state index < -0.39 is 63.3 Å². The van der Waals surface area contributed by atoms with Crippen LogP contribution in [0.2, 0.25) is 0 Å². The molecule has 4 aromatic heterocycles. The molecule has 84 heavy (non-hydrogen) atoms. The minimum Gasteiger partial charge on any atom is -0.493 e. The van der Waals surface area contributed by atoms with Crippen molar-refractivity contribution in [2.24, 2.45) is 11.8 Å². The molecule has 6 heterocycles. The number of ether oxygens (including phenoxy) is 7. The molecule has 4 fully saturated rings. The summed E-state index contributed by atoms with van der Waals surface area (Å²) < 4.78 is 47.1. The van der Waals surface area contributed by atoms with Crippen molar-refractivity contribution in [3.63, 3.8) is 0 Å². The van der Waals surface area contributed by atoms with Crippen molar-refractivity contribution in [2.75, 3.05) is 39.6 Å². The lowest BCUT2D eigenvalue weighted by molar-refractivity contribution is -0.164. The Bertz CT molecular complexity index is 3770. The van der Waals surface area contributed by atoms with E-state index in [1.807, 2.05) is 48.5 Å². The van der Waals surface area contributed by atoms with Gasteiger partial charge in [0.2, 0.25) is 0 Å². The number of hydrogen-bond donors (Lipinski definition) is 1. The number of para-hydroxylation sites is 2. The van der Waals surface area contributed by atoms with E-state index in [0.717, 1.165) is 68.6 Å². The Morgan fingerprint density at radius 1 is 0.619 bits per heavy atom. The van der Waals surface area contributed by atoms with E-state index in [2.05, 4.69) is 12.1 Å². The SMILES string of the molecule is Cc1c(C#N)sc2c1c(=O)n(C(C)(C)C(=O)O)c(=O)n2CC(OC1CCOCC1)c1ccccc1OCC1CC1.Cc1c(C#N)sc2c1c(=O)n(C(C)(C)C(=O)OC(C)(C)C)c(=O)n2CC(OC1CCOCC1)c1ccccc1OCC1CC1. The minimum absolute atomic E-state index is 0.00269. The number of aliphatic carboxylic acids is 1. The van der Waals surface area contributed by atoms with Gasteiger partial charge in [0.1, 0.15) is 71.9 Å². The maximum absolute atomic E-state index is 14.4. The highest BCUT2D eigenvalue weighted by Crippen LogP contribution is 2.39. The summed E-state index contributed by atoms with van der Waals surface area (Å²) in [5.74, 6) is 0.387. The highest BCUT2D eigenvalue weighted by Gasteiger charge is 2.41. The summed E-state index contributed by atoms with van der Waals surface area (Å²) in [6.07, 6.45) is 5.84. The Morgan fingerprint density at radius 2 is 1.00 bits per heavy atom. The molecule has 2 saturated carbocycles. The third-order valence-electron chi connectivity index (χ3n) is 15.8. The molecule has 2 atom stereocenters. The number of carbonyl (C=O) groups is 2. The average Bonchev–Trinajstić information content (AvgIpc) is 1.52. The molecule has 6 aromatic rings. The van der Waals surface area contributed by atoms with Crippen molar-refractivity contribution < 1.29 is 47.9 Å². The number of nitriles is 2. The first-order valence-corrected chi connectivity index (χ1v) is 30.3. The fourth-order valence-electron chi connectivity index (χ4n) is 10.4. The van der Waals surface area contributed by atoms with Crippen molar-refractivity contribution in [1.82, 2.24) is 18.3 Å². The molecule has 448 valence electrons. The number of rotatable bonds is 20. The van der Waals surface area contributed by atoms with E-state index in [0.29, 0.717) is 119 Å². The summed E-state index contributed by atoms with van der Waals surface area (Å²) >= 11 is 2.14. The molecule has 1 N–H and O–H groups in total. The van der Waals surface area contributed by atoms with E-state index in [9.17, 15) is 44.4 Å². The van der Waals surface area contributed by atoms with Gasteiger partial charge in [0.25, 0.3) is 11.1 Å². The molecule has 2 aliphatic heterocycles. The number of carboxylic acids is 1. The van der Waals surface area contributed by atoms with Crippen LogP contribution in [-0.2, 0) is 57.4 Å². The second-order valence-corrected chi connectivity index (χ2v) is 26.1. The smallest absolute Gasteiger partial charge is 0.333 e. The Balaban J connectivity index is 0.000000202. The predicted octanol–water partition coefficient (Wildman–Crippen LogP) is 9.16. The summed E-state index contributed by atoms with van der Waals surface area (Å²) in [4.78, 5) is 83.0. The molecule has 0 radical (unpaired) electrons. The number of aromatic nitrogens is 4. The number of esters is 1. The van der Waals surface area contributed by atoms with Crippen LogP contribution in [0.25, 0.3) is 20.4 Å². The fourth-order valence-corrected chi connectivity index (χ4v) is 12.6. The monoisotopic (exact) mass is 1190 g/mol. The quantitative estimate of drug-likeness (QED) is 0.0699. The van der Waals surface area contributed by atoms with Crippen molar-refractivity contribution in [3.05, 3.63) is 122 Å². The standard InChI is InChI=1S/C33H41N3O7S.C29H33N3O7S/c1-20-26(17-34)44-29-27(20)28(37)36(33(5,6)30(38)43-32(2,3)4)31(39)35(29)18-25(42-22-13-15-40-16-14-22)23-9-7-8-10-24(23)41-19-21-11-12-21;1-17-23(14-30)40-26-24(17)25(33)32(29(2,3)27(34)35)28(36)31(26)15-22(39-19-10-12-37-13-11-19)20-6-4-5-7-21(20)38-16-18-8-9-18/h7-10,21-22,25H,11-16,18-19H2,1-6H3;4-7,18-19,22H,8-13,15-16H2,1-3H3,(H,34,35). The van der Waals surface area contributed by atoms with Gasteiger partial charge in [-0.15, -0.1) is 22.7 Å². The summed E-state index contributed by atoms with van der Waals surface area (Å²) in [5.41, 5.74) is -4.67. The van der Waals surface area contributed by atoms with E-state index in [1.54, 1.807) is 34.6 Å². The summed E-state index contributed by atoms with van der Waals surface area (Å²) in [5, 5.41) is 29.9. The van der Waals surface area contributed by atoms with E-state index in [1.165, 1.54) is 36.8 Å². The Kier molecular flexibility index (Phi) is 18.6. The fraction of sp³-hybridized carbons (Fsp3) is 0.548. The third-order valence-corrected chi connectivity index (χ3v) is 18.2. The zero-order valence-corrected chi connectivity index (χ0v) is 50.8. The van der Waals surface area contributed by atoms with Gasteiger partial charge < -0.3 is 38.3 Å². The summed E-state index contributed by atoms with van der Waals surface area (Å²) in [7, 11) is 0. The first-order valence-electron chi connectivity index (χ1n) is 28.7. The van der Waals surface area contributed by atoms with Gasteiger partial charge in [-0.1, -0.05) is 36.4 Å². The summed E-state index contributed by atoms with van der Waals surface area (Å²) in [6, 6.07) is 19.5. The lowest BCUT2D eigenvalue weighted by atomic mass is 10.0. The van der Waals surface area contributed by atoms with Crippen LogP contribution in [0.15, 0.2) is 67.7 Å². The zero-order chi connectivity index (χ0) is 60.4. The number of hydrogen-bond acceptors (Lipinski definition) is 17. The van der Waals surface area contributed by atoms with Gasteiger partial charge >= 0.3 is 23.3 Å². The lowest BCUT2D eigenvalue weighted by Gasteiger charge is -2.31. The molecular weight excluding hydrogens is 1120 g/mol. The molecule has 0 amide bonds. The number of fused-ring (bicyclic) bond motifs is 2. The molecule has 0 spiro atoms. The first-order chi connectivity index (χ1) is 39.9. The van der Waals surface area contributed by atoms with E-state index in [-0.39, 0.29) is 36.1 Å². The van der Waals surface area contributed by atoms with Gasteiger partial charge in [-0.05, 0) is 149 Å². The van der Waals surface area contributed by atoms with Crippen LogP contribution in [-0.4, -0.2) is 92.8 Å². The van der Waals surface area contributed by atoms with Crippen LogP contribution in [0.5, 0.6) is 11.5 Å². The third kappa shape index (κ3) is 13.3. The molecule has 22 heteroatoms. The van der Waals surface area contributed by atoms with E-state index in [4.69, 9.17) is 33.2 Å². The highest BCUT2D eigenvalue weighted by atomic mass is 32.1. The van der Waals surface area contributed by atoms with Crippen molar-refractivity contribution in [1.29, 1.82) is 10.5 Å². The number of carbonyl (C=O) groups excluding carboxylic acids is 1. The van der Waals surface area contributed by atoms with Crippen molar-refractivity contribution in [3.8, 4) is 23.6 Å². The molecule has 20 nitrogen and oxygen atoms in total. The van der Waals surface area contributed by atoms with Crippen molar-refractivity contribution in [2.45, 2.75) is 168 Å². The zero-order valence-electron chi connectivity index (χ0n) is 49.2. The molecule has 2 unspecified atom stereocenters. The normalized spacial score (nSPS) is 17.0. The highest BCUT2D eigenvalue weighted by molar-refractivity contribution is 7.19. The number of thiophene rings is 2. The van der Waals surface area contributed by atoms with Crippen molar-refractivity contribution >= 4 is 55.0 Å². The van der Waals surface area contributed by atoms with Gasteiger partial charge in [-0.2, -0.15) is 10.5 Å². The predicted molar refractivity (Wildman–Crippen MR) is 316 cm³/mol. The molecule has 2 saturated heterocycles. The number of aryl methyl sites for hydroxylation is 2. The molecule has 2 aliphatic carbocycles. The lowest BCUT2D eigenvalue weighted by Crippen LogP contribution is -2.54. The summed E-state index contributed by atoms with van der Waals surface area (Å²) in [6.45, 7) is 17.7. The largest absolute Gasteiger partial charge is 0.493 e. The van der Waals surface area contributed by atoms with Gasteiger partial charge in [-0.25, -0.2) is 28.3 Å². The first kappa shape index (κ1) is 61.6. The molecule has 4 aliphatic rings. The van der Waals surface area contributed by atoms with E-state index >= 15 is 0 Å². The van der Waals surface area contributed by atoms with Crippen LogP contribution in [0.4, 0.5) is 0 Å². The maximum atomic E-state index is 14.4. The molecule has 2 aromatic carbocycles. The number of nitrogens with zero attached hydrogens (tertiary/aromatic N) is 6. The Hall–Kier alpha value is -6.92. The van der Waals surface area contributed by atoms with Crippen LogP contribution >= 0.6 is 22.7 Å². The van der Waals surface area contributed by atoms with Gasteiger partial charge in [0, 0.05) is 37.6 Å². The Morgan fingerprint density at radius 3 is 1.36 bits per heavy atom. The molecule has 10 rings (SSSR count). The second-order valence-electron chi connectivity index (χ2n) is 24.1. The maximum Gasteiger partial charge on any atom is 0.333 e. The van der Waals surface area contributed by atoms with Crippen LogP contribution in [0, 0.1) is 48.3 Å². The van der Waals surface area contributed by atoms with Gasteiger partial charge in [0.05, 0.1) is 49.3 Å². The van der Waals surface area contributed by atoms with Crippen LogP contribution in [0.1, 0.15) is 144 Å². The average molecular weight is 1190 g/mol. The topological polar surface area (TPSA) is 255 Å². The molecule has 0 bridgehead atoms. The minimum atomic E-state index is -1.83. The van der Waals surface area contributed by atoms with Crippen LogP contribution < -0.4 is 32.0 Å². The Labute approximate surface area is 494 Å². The number of carboxylic acid groups (broad SMARTS) is 1. The van der Waals surface area contributed by atoms with Gasteiger partial charge in [-0.3, -0.25) is 18.7 Å². The van der Waals surface area contributed by atoms with Gasteiger partial charge in [0.15, 0.2) is 0 Å².